The zero-order valence-corrected chi connectivity index (χ0v) is 18.3. The van der Waals surface area contributed by atoms with Crippen LogP contribution in [0.2, 0.25) is 5.02 Å². The third-order valence-corrected chi connectivity index (χ3v) is 6.51. The maximum Gasteiger partial charge on any atom is 0.291 e. The van der Waals surface area contributed by atoms with Crippen LogP contribution in [0.25, 0.3) is 11.0 Å². The highest BCUT2D eigenvalue weighted by atomic mass is 35.5. The standard InChI is InChI=1S/C25H24ClNO4/c1-14(2)15-5-7-16(8-6-15)22-21-23(28)19-12-17(26)9-10-20(19)31-24(21)25(29)27(22)13-18-4-3-11-30-18/h5-10,12,14,18,22H,3-4,11,13H2,1-2H3/t18-,22-/m1/s1. The highest BCUT2D eigenvalue weighted by molar-refractivity contribution is 6.31. The lowest BCUT2D eigenvalue weighted by molar-refractivity contribution is 0.0486. The van der Waals surface area contributed by atoms with Gasteiger partial charge in [-0.1, -0.05) is 49.7 Å². The number of hydrogen-bond donors (Lipinski definition) is 0. The SMILES string of the molecule is CC(C)c1ccc([C@@H]2c3c(oc4ccc(Cl)cc4c3=O)C(=O)N2C[C@H]2CCCO2)cc1. The Kier molecular flexibility index (Phi) is 5.11. The lowest BCUT2D eigenvalue weighted by Gasteiger charge is -2.27. The maximum atomic E-state index is 13.5. The normalized spacial score (nSPS) is 20.8. The second kappa shape index (κ2) is 7.81. The topological polar surface area (TPSA) is 59.8 Å². The van der Waals surface area contributed by atoms with Crippen molar-refractivity contribution in [3.63, 3.8) is 0 Å². The van der Waals surface area contributed by atoms with Crippen molar-refractivity contribution in [2.75, 3.05) is 13.2 Å². The zero-order valence-electron chi connectivity index (χ0n) is 17.6. The Bertz CT molecular complexity index is 1210. The minimum Gasteiger partial charge on any atom is -0.450 e. The molecule has 5 nitrogen and oxygen atoms in total. The predicted octanol–water partition coefficient (Wildman–Crippen LogP) is 5.29. The Labute approximate surface area is 185 Å². The fourth-order valence-corrected chi connectivity index (χ4v) is 4.77. The van der Waals surface area contributed by atoms with Crippen molar-refractivity contribution in [3.8, 4) is 0 Å². The van der Waals surface area contributed by atoms with Crippen LogP contribution < -0.4 is 5.43 Å². The molecule has 0 saturated carbocycles. The Morgan fingerprint density at radius 3 is 2.58 bits per heavy atom. The van der Waals surface area contributed by atoms with Crippen molar-refractivity contribution in [2.45, 2.75) is 44.8 Å². The molecule has 1 fully saturated rings. The molecular formula is C25H24ClNO4. The average molecular weight is 438 g/mol. The zero-order chi connectivity index (χ0) is 21.7. The van der Waals surface area contributed by atoms with Gasteiger partial charge in [-0.25, -0.2) is 0 Å². The first-order chi connectivity index (χ1) is 14.9. The van der Waals surface area contributed by atoms with Crippen LogP contribution in [0.1, 0.15) is 65.9 Å². The molecule has 0 radical (unpaired) electrons. The Morgan fingerprint density at radius 1 is 1.13 bits per heavy atom. The van der Waals surface area contributed by atoms with E-state index in [1.165, 1.54) is 5.56 Å². The second-order valence-corrected chi connectivity index (χ2v) is 9.07. The number of carbonyl (C=O) groups is 1. The van der Waals surface area contributed by atoms with E-state index in [0.29, 0.717) is 40.6 Å². The van der Waals surface area contributed by atoms with Gasteiger partial charge in [-0.05, 0) is 48.1 Å². The largest absolute Gasteiger partial charge is 0.450 e. The molecule has 1 aromatic heterocycles. The molecule has 1 saturated heterocycles. The van der Waals surface area contributed by atoms with Crippen LogP contribution in [0.3, 0.4) is 0 Å². The highest BCUT2D eigenvalue weighted by Crippen LogP contribution is 2.39. The number of ether oxygens (including phenoxy) is 1. The molecule has 2 atom stereocenters. The summed E-state index contributed by atoms with van der Waals surface area (Å²) in [5.74, 6) is 0.249. The van der Waals surface area contributed by atoms with Gasteiger partial charge < -0.3 is 14.1 Å². The van der Waals surface area contributed by atoms with Gasteiger partial charge >= 0.3 is 0 Å². The molecule has 2 aliphatic heterocycles. The molecule has 0 bridgehead atoms. The van der Waals surface area contributed by atoms with E-state index in [0.717, 1.165) is 18.4 Å². The summed E-state index contributed by atoms with van der Waals surface area (Å²) in [5.41, 5.74) is 2.64. The van der Waals surface area contributed by atoms with Gasteiger partial charge in [0.1, 0.15) is 5.58 Å². The van der Waals surface area contributed by atoms with Crippen LogP contribution in [-0.2, 0) is 4.74 Å². The molecule has 0 N–H and O–H groups in total. The van der Waals surface area contributed by atoms with E-state index in [2.05, 4.69) is 26.0 Å². The number of fused-ring (bicyclic) bond motifs is 2. The molecule has 3 heterocycles. The van der Waals surface area contributed by atoms with Gasteiger partial charge in [-0.2, -0.15) is 0 Å². The molecule has 6 heteroatoms. The predicted molar refractivity (Wildman–Crippen MR) is 120 cm³/mol. The summed E-state index contributed by atoms with van der Waals surface area (Å²) >= 11 is 6.14. The quantitative estimate of drug-likeness (QED) is 0.556. The van der Waals surface area contributed by atoms with Gasteiger partial charge in [-0.15, -0.1) is 0 Å². The molecule has 0 unspecified atom stereocenters. The molecule has 3 aromatic rings. The van der Waals surface area contributed by atoms with Crippen LogP contribution in [0.5, 0.6) is 0 Å². The van der Waals surface area contributed by atoms with Crippen LogP contribution in [0.4, 0.5) is 0 Å². The third-order valence-electron chi connectivity index (χ3n) is 6.27. The van der Waals surface area contributed by atoms with Gasteiger partial charge in [0, 0.05) is 18.2 Å². The van der Waals surface area contributed by atoms with E-state index in [-0.39, 0.29) is 23.2 Å². The maximum absolute atomic E-state index is 13.5. The van der Waals surface area contributed by atoms with Gasteiger partial charge in [0.25, 0.3) is 5.91 Å². The summed E-state index contributed by atoms with van der Waals surface area (Å²) in [6.07, 6.45) is 1.85. The van der Waals surface area contributed by atoms with Crippen molar-refractivity contribution in [1.29, 1.82) is 0 Å². The van der Waals surface area contributed by atoms with Crippen molar-refractivity contribution >= 4 is 28.5 Å². The Morgan fingerprint density at radius 2 is 1.90 bits per heavy atom. The average Bonchev–Trinajstić information content (AvgIpc) is 3.36. The lowest BCUT2D eigenvalue weighted by atomic mass is 9.95. The van der Waals surface area contributed by atoms with Crippen LogP contribution in [0, 0.1) is 0 Å². The van der Waals surface area contributed by atoms with Crippen molar-refractivity contribution in [1.82, 2.24) is 4.90 Å². The molecule has 0 aliphatic carbocycles. The first-order valence-electron chi connectivity index (χ1n) is 10.7. The van der Waals surface area contributed by atoms with E-state index in [1.54, 1.807) is 23.1 Å². The molecule has 160 valence electrons. The van der Waals surface area contributed by atoms with Crippen molar-refractivity contribution in [3.05, 3.63) is 80.2 Å². The number of halogens is 1. The van der Waals surface area contributed by atoms with Gasteiger partial charge in [0.2, 0.25) is 5.76 Å². The summed E-state index contributed by atoms with van der Waals surface area (Å²) in [6, 6.07) is 12.5. The lowest BCUT2D eigenvalue weighted by Crippen LogP contribution is -2.36. The van der Waals surface area contributed by atoms with E-state index < -0.39 is 6.04 Å². The third kappa shape index (κ3) is 3.46. The first-order valence-corrected chi connectivity index (χ1v) is 11.1. The first kappa shape index (κ1) is 20.3. The summed E-state index contributed by atoms with van der Waals surface area (Å²) < 4.78 is 11.8. The summed E-state index contributed by atoms with van der Waals surface area (Å²) in [5, 5.41) is 0.847. The van der Waals surface area contributed by atoms with Crippen LogP contribution in [0.15, 0.2) is 51.7 Å². The molecule has 2 aromatic carbocycles. The number of nitrogens with zero attached hydrogens (tertiary/aromatic N) is 1. The molecule has 2 aliphatic rings. The number of rotatable bonds is 4. The van der Waals surface area contributed by atoms with E-state index in [9.17, 15) is 9.59 Å². The highest BCUT2D eigenvalue weighted by Gasteiger charge is 2.43. The number of carbonyl (C=O) groups excluding carboxylic acids is 1. The fourth-order valence-electron chi connectivity index (χ4n) is 4.60. The summed E-state index contributed by atoms with van der Waals surface area (Å²) in [4.78, 5) is 28.7. The van der Waals surface area contributed by atoms with Gasteiger partial charge in [0.05, 0.1) is 23.1 Å². The minimum atomic E-state index is -0.507. The molecule has 0 spiro atoms. The second-order valence-electron chi connectivity index (χ2n) is 8.63. The molecule has 31 heavy (non-hydrogen) atoms. The van der Waals surface area contributed by atoms with Gasteiger partial charge in [-0.3, -0.25) is 9.59 Å². The summed E-state index contributed by atoms with van der Waals surface area (Å²) in [6.45, 7) is 5.40. The Hall–Kier alpha value is -2.63. The van der Waals surface area contributed by atoms with Crippen LogP contribution >= 0.6 is 11.6 Å². The number of hydrogen-bond acceptors (Lipinski definition) is 4. The monoisotopic (exact) mass is 437 g/mol. The van der Waals surface area contributed by atoms with Gasteiger partial charge in [0.15, 0.2) is 5.43 Å². The van der Waals surface area contributed by atoms with E-state index >= 15 is 0 Å². The molecular weight excluding hydrogens is 414 g/mol. The molecule has 5 rings (SSSR count). The fraction of sp³-hybridized carbons (Fsp3) is 0.360. The van der Waals surface area contributed by atoms with E-state index in [4.69, 9.17) is 20.8 Å². The van der Waals surface area contributed by atoms with Crippen molar-refractivity contribution in [2.24, 2.45) is 0 Å². The van der Waals surface area contributed by atoms with Crippen molar-refractivity contribution < 1.29 is 13.9 Å². The molecule has 1 amide bonds. The Balaban J connectivity index is 1.68. The summed E-state index contributed by atoms with van der Waals surface area (Å²) in [7, 11) is 0. The minimum absolute atomic E-state index is 0.0327. The number of amides is 1. The van der Waals surface area contributed by atoms with Crippen LogP contribution in [-0.4, -0.2) is 30.1 Å². The van der Waals surface area contributed by atoms with E-state index in [1.807, 2.05) is 12.1 Å². The smallest absolute Gasteiger partial charge is 0.291 e. The number of benzene rings is 2.